The van der Waals surface area contributed by atoms with Crippen LogP contribution in [0.1, 0.15) is 85.0 Å². The third-order valence-corrected chi connectivity index (χ3v) is 12.0. The predicted molar refractivity (Wildman–Crippen MR) is 138 cm³/mol. The lowest BCUT2D eigenvalue weighted by molar-refractivity contribution is -0.174. The van der Waals surface area contributed by atoms with E-state index >= 15 is 0 Å². The van der Waals surface area contributed by atoms with E-state index in [1.165, 1.54) is 25.7 Å². The van der Waals surface area contributed by atoms with Crippen LogP contribution in [0.3, 0.4) is 0 Å². The van der Waals surface area contributed by atoms with Gasteiger partial charge in [-0.1, -0.05) is 20.8 Å². The highest BCUT2D eigenvalue weighted by molar-refractivity contribution is 5.75. The Morgan fingerprint density at radius 2 is 1.66 bits per heavy atom. The van der Waals surface area contributed by atoms with Gasteiger partial charge < -0.3 is 15.1 Å². The van der Waals surface area contributed by atoms with E-state index in [2.05, 4.69) is 43.2 Å². The number of nitrogens with zero attached hydrogens (tertiary/aromatic N) is 2. The van der Waals surface area contributed by atoms with Crippen LogP contribution < -0.4 is 5.43 Å². The van der Waals surface area contributed by atoms with Gasteiger partial charge in [0, 0.05) is 32.6 Å². The summed E-state index contributed by atoms with van der Waals surface area (Å²) in [7, 11) is 2.13. The van der Waals surface area contributed by atoms with Gasteiger partial charge in [0.2, 0.25) is 5.91 Å². The molecule has 0 aromatic rings. The number of fused-ring (bicyclic) bond motifs is 5. The Morgan fingerprint density at radius 1 is 0.971 bits per heavy atom. The number of aliphatic hydroxyl groups is 2. The Balaban J connectivity index is 1.20. The number of hydrogen-bond acceptors (Lipinski definition) is 5. The van der Waals surface area contributed by atoms with Crippen LogP contribution in [0, 0.1) is 46.3 Å². The zero-order valence-electron chi connectivity index (χ0n) is 22.7. The lowest BCUT2D eigenvalue weighted by atomic mass is 9.43. The number of carbonyl (C=O) groups is 1. The summed E-state index contributed by atoms with van der Waals surface area (Å²) < 4.78 is 0. The van der Waals surface area contributed by atoms with Gasteiger partial charge >= 0.3 is 0 Å². The molecule has 1 heterocycles. The second-order valence-corrected chi connectivity index (χ2v) is 13.8. The zero-order chi connectivity index (χ0) is 25.0. The van der Waals surface area contributed by atoms with Crippen LogP contribution in [-0.2, 0) is 4.79 Å². The number of nitrogens with one attached hydrogen (secondary N) is 1. The smallest absolute Gasteiger partial charge is 0.234 e. The molecule has 1 saturated heterocycles. The average Bonchev–Trinajstić information content (AvgIpc) is 3.17. The number of hydrogen-bond donors (Lipinski definition) is 3. The molecular weight excluding hydrogens is 438 g/mol. The highest BCUT2D eigenvalue weighted by atomic mass is 16.3. The third kappa shape index (κ3) is 4.70. The molecule has 0 unspecified atom stereocenters. The first-order chi connectivity index (χ1) is 16.6. The minimum Gasteiger partial charge on any atom is -0.393 e. The summed E-state index contributed by atoms with van der Waals surface area (Å²) in [6.45, 7) is 11.2. The largest absolute Gasteiger partial charge is 0.393 e. The molecule has 0 aromatic carbocycles. The molecule has 1 amide bonds. The van der Waals surface area contributed by atoms with Crippen molar-refractivity contribution in [1.82, 2.24) is 15.3 Å². The first kappa shape index (κ1) is 25.9. The van der Waals surface area contributed by atoms with Crippen molar-refractivity contribution < 1.29 is 15.0 Å². The van der Waals surface area contributed by atoms with E-state index in [4.69, 9.17) is 0 Å². The van der Waals surface area contributed by atoms with Crippen LogP contribution >= 0.6 is 0 Å². The van der Waals surface area contributed by atoms with Crippen LogP contribution in [0.15, 0.2) is 0 Å². The molecule has 0 radical (unpaired) electrons. The van der Waals surface area contributed by atoms with Crippen molar-refractivity contribution in [3.63, 3.8) is 0 Å². The maximum atomic E-state index is 12.7. The van der Waals surface area contributed by atoms with Gasteiger partial charge in [0.1, 0.15) is 0 Å². The summed E-state index contributed by atoms with van der Waals surface area (Å²) in [6.07, 6.45) is 9.99. The van der Waals surface area contributed by atoms with E-state index < -0.39 is 0 Å². The molecule has 0 spiro atoms. The Morgan fingerprint density at radius 3 is 2.40 bits per heavy atom. The van der Waals surface area contributed by atoms with Gasteiger partial charge in [-0.05, 0) is 111 Å². The monoisotopic (exact) mass is 489 g/mol. The molecule has 200 valence electrons. The summed E-state index contributed by atoms with van der Waals surface area (Å²) >= 11 is 0. The van der Waals surface area contributed by atoms with Crippen LogP contribution in [0.4, 0.5) is 0 Å². The molecule has 0 bridgehead atoms. The summed E-state index contributed by atoms with van der Waals surface area (Å²) in [5.74, 6) is 3.46. The van der Waals surface area contributed by atoms with Crippen molar-refractivity contribution in [1.29, 1.82) is 0 Å². The highest BCUT2D eigenvalue weighted by Gasteiger charge is 2.62. The fourth-order valence-electron chi connectivity index (χ4n) is 9.89. The molecule has 5 rings (SSSR count). The molecule has 10 atom stereocenters. The molecule has 0 aromatic heterocycles. The van der Waals surface area contributed by atoms with Gasteiger partial charge in [-0.25, -0.2) is 5.01 Å². The number of amides is 1. The number of aliphatic hydroxyl groups excluding tert-OH is 2. The predicted octanol–water partition coefficient (Wildman–Crippen LogP) is 3.67. The van der Waals surface area contributed by atoms with Crippen molar-refractivity contribution in [3.8, 4) is 0 Å². The Labute approximate surface area is 213 Å². The van der Waals surface area contributed by atoms with Gasteiger partial charge in [-0.2, -0.15) is 0 Å². The first-order valence-corrected chi connectivity index (χ1v) is 14.7. The minimum atomic E-state index is -0.212. The molecule has 6 heteroatoms. The fraction of sp³-hybridized carbons (Fsp3) is 0.966. The van der Waals surface area contributed by atoms with Gasteiger partial charge in [-0.15, -0.1) is 0 Å². The molecule has 35 heavy (non-hydrogen) atoms. The van der Waals surface area contributed by atoms with Crippen molar-refractivity contribution in [2.75, 3.05) is 33.2 Å². The Kier molecular flexibility index (Phi) is 7.33. The van der Waals surface area contributed by atoms with Gasteiger partial charge in [0.25, 0.3) is 0 Å². The quantitative estimate of drug-likeness (QED) is 0.549. The van der Waals surface area contributed by atoms with Crippen LogP contribution in [0.5, 0.6) is 0 Å². The normalized spacial score (nSPS) is 47.4. The minimum absolute atomic E-state index is 0.171. The molecule has 6 nitrogen and oxygen atoms in total. The zero-order valence-corrected chi connectivity index (χ0v) is 22.7. The second kappa shape index (κ2) is 9.89. The van der Waals surface area contributed by atoms with E-state index in [1.54, 1.807) is 0 Å². The molecule has 5 aliphatic rings. The topological polar surface area (TPSA) is 76.0 Å². The van der Waals surface area contributed by atoms with E-state index in [1.807, 2.05) is 0 Å². The molecular formula is C29H51N3O3. The molecule has 3 N–H and O–H groups in total. The van der Waals surface area contributed by atoms with Crippen molar-refractivity contribution in [2.45, 2.75) is 97.2 Å². The first-order valence-electron chi connectivity index (χ1n) is 14.7. The van der Waals surface area contributed by atoms with Gasteiger partial charge in [0.15, 0.2) is 0 Å². The van der Waals surface area contributed by atoms with Crippen molar-refractivity contribution in [2.24, 2.45) is 46.3 Å². The summed E-state index contributed by atoms with van der Waals surface area (Å²) in [6, 6.07) is 0. The maximum Gasteiger partial charge on any atom is 0.234 e. The standard InChI is InChI=1S/C29H51N3O3/c1-19(5-8-26(35)30-32-15-13-31(4)14-16-32)22-6-7-23-27-24(10-12-29(22,23)3)28(2)11-9-21(33)17-20(28)18-25(27)34/h19-25,27,33-34H,5-18H2,1-4H3,(H,30,35)/t19-,20+,21-,22-,23+,24+,25+,27+,28+,29-/m1/s1. The average molecular weight is 490 g/mol. The van der Waals surface area contributed by atoms with Gasteiger partial charge in [-0.3, -0.25) is 10.2 Å². The summed E-state index contributed by atoms with van der Waals surface area (Å²) in [5, 5.41) is 23.8. The number of carbonyl (C=O) groups excluding carboxylic acids is 1. The van der Waals surface area contributed by atoms with Gasteiger partial charge in [0.05, 0.1) is 12.2 Å². The van der Waals surface area contributed by atoms with E-state index in [9.17, 15) is 15.0 Å². The SMILES string of the molecule is C[C@H](CCC(=O)NN1CCN(C)CC1)[C@H]1CC[C@H]2[C@@H]3[C@@H](O)C[C@@H]4C[C@H](O)CC[C@]4(C)[C@H]3CC[C@]12C. The van der Waals surface area contributed by atoms with E-state index in [-0.39, 0.29) is 28.9 Å². The van der Waals surface area contributed by atoms with Crippen LogP contribution in [0.25, 0.3) is 0 Å². The number of likely N-dealkylation sites (N-methyl/N-ethyl adjacent to an activating group) is 1. The highest BCUT2D eigenvalue weighted by Crippen LogP contribution is 2.68. The molecule has 4 saturated carbocycles. The lowest BCUT2D eigenvalue weighted by Crippen LogP contribution is -2.58. The summed E-state index contributed by atoms with van der Waals surface area (Å²) in [4.78, 5) is 15.0. The number of rotatable bonds is 5. The number of hydrazine groups is 1. The molecule has 4 aliphatic carbocycles. The lowest BCUT2D eigenvalue weighted by Gasteiger charge is -2.62. The Bertz CT molecular complexity index is 770. The van der Waals surface area contributed by atoms with Crippen molar-refractivity contribution in [3.05, 3.63) is 0 Å². The second-order valence-electron chi connectivity index (χ2n) is 13.8. The Hall–Kier alpha value is -0.690. The molecule has 1 aliphatic heterocycles. The summed E-state index contributed by atoms with van der Waals surface area (Å²) in [5.41, 5.74) is 3.72. The van der Waals surface area contributed by atoms with Crippen molar-refractivity contribution >= 4 is 5.91 Å². The molecule has 5 fully saturated rings. The van der Waals surface area contributed by atoms with E-state index in [0.29, 0.717) is 41.9 Å². The van der Waals surface area contributed by atoms with Crippen LogP contribution in [0.2, 0.25) is 0 Å². The fourth-order valence-corrected chi connectivity index (χ4v) is 9.89. The third-order valence-electron chi connectivity index (χ3n) is 12.0. The maximum absolute atomic E-state index is 12.7. The number of piperazine rings is 1. The van der Waals surface area contributed by atoms with Crippen LogP contribution in [-0.4, -0.2) is 71.5 Å². The van der Waals surface area contributed by atoms with E-state index in [0.717, 1.165) is 58.3 Å².